The molecule has 3 amide bonds. The Kier molecular flexibility index (Phi) is 9.19. The van der Waals surface area contributed by atoms with E-state index in [0.717, 1.165) is 0 Å². The Balaban J connectivity index is 2.86. The molecule has 0 bridgehead atoms. The van der Waals surface area contributed by atoms with Crippen LogP contribution in [0.4, 0.5) is 0 Å². The summed E-state index contributed by atoms with van der Waals surface area (Å²) in [6.07, 6.45) is 0.314. The van der Waals surface area contributed by atoms with E-state index >= 15 is 0 Å². The van der Waals surface area contributed by atoms with E-state index in [9.17, 15) is 24.0 Å². The fourth-order valence-corrected chi connectivity index (χ4v) is 2.93. The van der Waals surface area contributed by atoms with Crippen LogP contribution in [0.1, 0.15) is 32.6 Å². The normalized spacial score (nSPS) is 19.4. The molecule has 28 heavy (non-hydrogen) atoms. The summed E-state index contributed by atoms with van der Waals surface area (Å²) < 4.78 is 0. The number of rotatable bonds is 10. The molecule has 1 rings (SSSR count). The molecule has 4 unspecified atom stereocenters. The second-order valence-corrected chi connectivity index (χ2v) is 6.91. The van der Waals surface area contributed by atoms with E-state index in [2.05, 4.69) is 23.3 Å². The van der Waals surface area contributed by atoms with Gasteiger partial charge in [-0.1, -0.05) is 0 Å². The van der Waals surface area contributed by atoms with Crippen LogP contribution in [0.2, 0.25) is 0 Å². The minimum atomic E-state index is -1.27. The summed E-state index contributed by atoms with van der Waals surface area (Å²) in [6, 6.07) is -4.16. The number of hydrogen-bond acceptors (Lipinski definition) is 7. The lowest BCUT2D eigenvalue weighted by molar-refractivity contribution is -0.143. The molecule has 6 N–H and O–H groups in total. The van der Waals surface area contributed by atoms with Gasteiger partial charge in [-0.05, 0) is 26.2 Å². The van der Waals surface area contributed by atoms with E-state index in [1.807, 2.05) is 0 Å². The van der Waals surface area contributed by atoms with Crippen LogP contribution in [0.5, 0.6) is 0 Å². The zero-order valence-electron chi connectivity index (χ0n) is 15.5. The summed E-state index contributed by atoms with van der Waals surface area (Å²) in [5.41, 5.74) is 5.69. The maximum Gasteiger partial charge on any atom is 0.325 e. The Morgan fingerprint density at radius 1 is 1.21 bits per heavy atom. The Hall–Kier alpha value is -2.34. The third-order valence-electron chi connectivity index (χ3n) is 4.36. The van der Waals surface area contributed by atoms with Gasteiger partial charge in [0.2, 0.25) is 17.7 Å². The number of nitrogens with zero attached hydrogens (tertiary/aromatic N) is 1. The molecule has 0 aromatic rings. The minimum Gasteiger partial charge on any atom is -0.481 e. The zero-order chi connectivity index (χ0) is 21.4. The van der Waals surface area contributed by atoms with Gasteiger partial charge in [0.15, 0.2) is 0 Å². The molecule has 158 valence electrons. The molecule has 0 aliphatic carbocycles. The van der Waals surface area contributed by atoms with Crippen LogP contribution >= 0.6 is 12.6 Å². The molecule has 0 aromatic heterocycles. The van der Waals surface area contributed by atoms with E-state index in [1.165, 1.54) is 11.8 Å². The van der Waals surface area contributed by atoms with Crippen LogP contribution in [0.15, 0.2) is 0 Å². The summed E-state index contributed by atoms with van der Waals surface area (Å²) in [6.45, 7) is 1.58. The van der Waals surface area contributed by atoms with E-state index in [0.29, 0.717) is 19.4 Å². The van der Waals surface area contributed by atoms with E-state index in [1.54, 1.807) is 0 Å². The molecule has 0 saturated carbocycles. The van der Waals surface area contributed by atoms with Crippen LogP contribution in [0.25, 0.3) is 0 Å². The number of hydrogen-bond donors (Lipinski definition) is 6. The Labute approximate surface area is 167 Å². The average Bonchev–Trinajstić information content (AvgIpc) is 3.12. The van der Waals surface area contributed by atoms with Crippen molar-refractivity contribution in [2.75, 3.05) is 12.3 Å². The van der Waals surface area contributed by atoms with Crippen molar-refractivity contribution in [3.05, 3.63) is 0 Å². The maximum atomic E-state index is 12.6. The number of amides is 3. The molecule has 1 fully saturated rings. The number of aliphatic carboxylic acids is 2. The lowest BCUT2D eigenvalue weighted by Crippen LogP contribution is -2.56. The molecule has 1 saturated heterocycles. The van der Waals surface area contributed by atoms with Gasteiger partial charge in [0, 0.05) is 18.7 Å². The lowest BCUT2D eigenvalue weighted by atomic mass is 10.1. The number of carbonyl (C=O) groups is 5. The monoisotopic (exact) mass is 418 g/mol. The zero-order valence-corrected chi connectivity index (χ0v) is 16.4. The largest absolute Gasteiger partial charge is 0.481 e. The van der Waals surface area contributed by atoms with Crippen molar-refractivity contribution < 1.29 is 34.2 Å². The number of carboxylic acid groups (broad SMARTS) is 2. The van der Waals surface area contributed by atoms with Crippen molar-refractivity contribution in [2.45, 2.75) is 56.8 Å². The van der Waals surface area contributed by atoms with E-state index in [4.69, 9.17) is 15.9 Å². The number of nitrogens with one attached hydrogen (secondary N) is 2. The van der Waals surface area contributed by atoms with Crippen molar-refractivity contribution in [3.63, 3.8) is 0 Å². The highest BCUT2D eigenvalue weighted by Crippen LogP contribution is 2.19. The smallest absolute Gasteiger partial charge is 0.325 e. The summed E-state index contributed by atoms with van der Waals surface area (Å²) in [5, 5.41) is 22.4. The van der Waals surface area contributed by atoms with Crippen molar-refractivity contribution in [1.82, 2.24) is 15.5 Å². The van der Waals surface area contributed by atoms with Crippen molar-refractivity contribution >= 4 is 42.3 Å². The van der Waals surface area contributed by atoms with Crippen LogP contribution in [0.3, 0.4) is 0 Å². The van der Waals surface area contributed by atoms with Gasteiger partial charge in [-0.3, -0.25) is 24.0 Å². The Bertz CT molecular complexity index is 630. The predicted octanol–water partition coefficient (Wildman–Crippen LogP) is -1.83. The van der Waals surface area contributed by atoms with Gasteiger partial charge in [0.05, 0.1) is 6.04 Å². The van der Waals surface area contributed by atoms with E-state index < -0.39 is 60.2 Å². The fraction of sp³-hybridized carbons (Fsp3) is 0.688. The predicted molar refractivity (Wildman–Crippen MR) is 101 cm³/mol. The van der Waals surface area contributed by atoms with Crippen LogP contribution in [0, 0.1) is 0 Å². The van der Waals surface area contributed by atoms with E-state index in [-0.39, 0.29) is 12.2 Å². The fourth-order valence-electron chi connectivity index (χ4n) is 2.77. The quantitative estimate of drug-likeness (QED) is 0.224. The van der Waals surface area contributed by atoms with Crippen LogP contribution in [-0.2, 0) is 24.0 Å². The molecule has 1 aliphatic heterocycles. The SMILES string of the molecule is CC(NC(=O)C(CCC(=O)O)NC(=O)C1CCCN1C(=O)C(N)CS)C(=O)O. The first kappa shape index (κ1) is 23.7. The van der Waals surface area contributed by atoms with Crippen molar-refractivity contribution in [1.29, 1.82) is 0 Å². The topological polar surface area (TPSA) is 179 Å². The third-order valence-corrected chi connectivity index (χ3v) is 4.75. The highest BCUT2D eigenvalue weighted by atomic mass is 32.1. The molecule has 12 heteroatoms. The molecule has 0 aromatic carbocycles. The van der Waals surface area contributed by atoms with Gasteiger partial charge in [-0.15, -0.1) is 0 Å². The summed E-state index contributed by atoms with van der Waals surface area (Å²) in [4.78, 5) is 60.3. The van der Waals surface area contributed by atoms with Crippen molar-refractivity contribution in [3.8, 4) is 0 Å². The second kappa shape index (κ2) is 10.9. The molecule has 0 radical (unpaired) electrons. The minimum absolute atomic E-state index is 0.111. The Morgan fingerprint density at radius 3 is 2.39 bits per heavy atom. The number of carboxylic acids is 2. The highest BCUT2D eigenvalue weighted by molar-refractivity contribution is 7.80. The van der Waals surface area contributed by atoms with Gasteiger partial charge in [0.25, 0.3) is 0 Å². The third kappa shape index (κ3) is 6.68. The van der Waals surface area contributed by atoms with Crippen LogP contribution < -0.4 is 16.4 Å². The highest BCUT2D eigenvalue weighted by Gasteiger charge is 2.37. The number of nitrogens with two attached hydrogens (primary N) is 1. The van der Waals surface area contributed by atoms with Gasteiger partial charge in [0.1, 0.15) is 18.1 Å². The second-order valence-electron chi connectivity index (χ2n) is 6.54. The summed E-state index contributed by atoms with van der Waals surface area (Å²) >= 11 is 3.98. The molecular formula is C16H26N4O7S. The molecule has 1 heterocycles. The summed E-state index contributed by atoms with van der Waals surface area (Å²) in [5.74, 6) is -4.20. The Morgan fingerprint density at radius 2 is 1.86 bits per heavy atom. The standard InChI is InChI=1S/C16H26N4O7S/c1-8(16(26)27)18-13(23)10(4-5-12(21)22)19-14(24)11-3-2-6-20(11)15(25)9(17)7-28/h8-11,28H,2-7,17H2,1H3,(H,18,23)(H,19,24)(H,21,22)(H,26,27). The van der Waals surface area contributed by atoms with Gasteiger partial charge < -0.3 is 31.5 Å². The van der Waals surface area contributed by atoms with Crippen LogP contribution in [-0.4, -0.2) is 81.2 Å². The van der Waals surface area contributed by atoms with Gasteiger partial charge in [-0.25, -0.2) is 0 Å². The number of thiol groups is 1. The lowest BCUT2D eigenvalue weighted by Gasteiger charge is -2.28. The molecule has 1 aliphatic rings. The number of carbonyl (C=O) groups excluding carboxylic acids is 3. The van der Waals surface area contributed by atoms with Gasteiger partial charge >= 0.3 is 11.9 Å². The van der Waals surface area contributed by atoms with Gasteiger partial charge in [-0.2, -0.15) is 12.6 Å². The first-order valence-corrected chi connectivity index (χ1v) is 9.44. The molecule has 11 nitrogen and oxygen atoms in total. The average molecular weight is 418 g/mol. The van der Waals surface area contributed by atoms with Crippen molar-refractivity contribution in [2.24, 2.45) is 5.73 Å². The molecule has 0 spiro atoms. The number of likely N-dealkylation sites (tertiary alicyclic amines) is 1. The first-order valence-electron chi connectivity index (χ1n) is 8.80. The first-order chi connectivity index (χ1) is 13.1. The summed E-state index contributed by atoms with van der Waals surface area (Å²) in [7, 11) is 0. The molecular weight excluding hydrogens is 392 g/mol. The maximum absolute atomic E-state index is 12.6. The molecule has 4 atom stereocenters.